The Kier molecular flexibility index (Phi) is 6.15. The van der Waals surface area contributed by atoms with Gasteiger partial charge in [0.2, 0.25) is 0 Å². The smallest absolute Gasteiger partial charge is 0.293 e. The predicted molar refractivity (Wildman–Crippen MR) is 73.5 cm³/mol. The van der Waals surface area contributed by atoms with Crippen molar-refractivity contribution in [3.8, 4) is 0 Å². The molecule has 1 rings (SSSR count). The summed E-state index contributed by atoms with van der Waals surface area (Å²) in [6.07, 6.45) is 4.02. The van der Waals surface area contributed by atoms with E-state index in [4.69, 9.17) is 16.3 Å². The molecular weight excluding hydrogens is 254 g/mol. The van der Waals surface area contributed by atoms with E-state index in [0.29, 0.717) is 24.7 Å². The van der Waals surface area contributed by atoms with Gasteiger partial charge in [-0.1, -0.05) is 0 Å². The number of hydrogen-bond acceptors (Lipinski definition) is 4. The Hall–Kier alpha value is -1.07. The van der Waals surface area contributed by atoms with Crippen molar-refractivity contribution >= 4 is 17.4 Å². The van der Waals surface area contributed by atoms with E-state index in [9.17, 15) is 4.79 Å². The molecule has 0 amide bonds. The summed E-state index contributed by atoms with van der Waals surface area (Å²) in [6, 6.07) is 0.102. The molecule has 1 aromatic heterocycles. The van der Waals surface area contributed by atoms with E-state index in [1.54, 1.807) is 24.1 Å². The molecule has 0 aliphatic heterocycles. The lowest BCUT2D eigenvalue weighted by Gasteiger charge is -2.18. The minimum Gasteiger partial charge on any atom is -0.383 e. The maximum absolute atomic E-state index is 12.1. The molecule has 0 aliphatic carbocycles. The molecule has 0 spiro atoms. The molecule has 1 N–H and O–H groups in total. The predicted octanol–water partition coefficient (Wildman–Crippen LogP) is 1.88. The highest BCUT2D eigenvalue weighted by molar-refractivity contribution is 6.17. The van der Waals surface area contributed by atoms with Gasteiger partial charge in [0.15, 0.2) is 5.82 Å². The second kappa shape index (κ2) is 7.38. The molecule has 5 nitrogen and oxygen atoms in total. The van der Waals surface area contributed by atoms with E-state index in [-0.39, 0.29) is 17.6 Å². The summed E-state index contributed by atoms with van der Waals surface area (Å²) in [5.41, 5.74) is -0.122. The standard InChI is InChI=1S/C12H20ClN3O2/c1-9(2)16-7-6-14-11(12(16)17)15-10(4-5-13)8-18-3/h6-7,9-10H,4-5,8H2,1-3H3,(H,14,15). The van der Waals surface area contributed by atoms with Crippen LogP contribution in [0.2, 0.25) is 0 Å². The van der Waals surface area contributed by atoms with Gasteiger partial charge in [-0.05, 0) is 20.3 Å². The zero-order chi connectivity index (χ0) is 13.5. The number of methoxy groups -OCH3 is 1. The van der Waals surface area contributed by atoms with E-state index in [0.717, 1.165) is 0 Å². The summed E-state index contributed by atoms with van der Waals surface area (Å²) >= 11 is 5.72. The van der Waals surface area contributed by atoms with Crippen LogP contribution in [0, 0.1) is 0 Å². The zero-order valence-corrected chi connectivity index (χ0v) is 11.8. The average molecular weight is 274 g/mol. The van der Waals surface area contributed by atoms with Crippen molar-refractivity contribution in [2.24, 2.45) is 0 Å². The van der Waals surface area contributed by atoms with Gasteiger partial charge in [-0.25, -0.2) is 4.98 Å². The minimum atomic E-state index is -0.122. The Balaban J connectivity index is 2.89. The lowest BCUT2D eigenvalue weighted by molar-refractivity contribution is 0.184. The quantitative estimate of drug-likeness (QED) is 0.771. The Morgan fingerprint density at radius 1 is 1.56 bits per heavy atom. The number of anilines is 1. The van der Waals surface area contributed by atoms with Crippen molar-refractivity contribution in [3.05, 3.63) is 22.7 Å². The molecule has 0 aliphatic rings. The molecule has 0 saturated heterocycles. The number of nitrogens with one attached hydrogen (secondary N) is 1. The Bertz CT molecular complexity index is 414. The summed E-state index contributed by atoms with van der Waals surface area (Å²) in [5, 5.41) is 3.09. The van der Waals surface area contributed by atoms with Gasteiger partial charge in [-0.2, -0.15) is 0 Å². The molecule has 0 aromatic carbocycles. The van der Waals surface area contributed by atoms with Crippen molar-refractivity contribution < 1.29 is 4.74 Å². The van der Waals surface area contributed by atoms with Crippen molar-refractivity contribution in [1.82, 2.24) is 9.55 Å². The fraction of sp³-hybridized carbons (Fsp3) is 0.667. The molecule has 0 fully saturated rings. The second-order valence-corrected chi connectivity index (χ2v) is 4.73. The largest absolute Gasteiger partial charge is 0.383 e. The first-order valence-corrected chi connectivity index (χ1v) is 6.52. The van der Waals surface area contributed by atoms with Gasteiger partial charge < -0.3 is 14.6 Å². The molecule has 6 heteroatoms. The molecule has 1 aromatic rings. The van der Waals surface area contributed by atoms with Crippen molar-refractivity contribution in [2.75, 3.05) is 24.9 Å². The maximum Gasteiger partial charge on any atom is 0.293 e. The highest BCUT2D eigenvalue weighted by atomic mass is 35.5. The molecule has 0 radical (unpaired) electrons. The van der Waals surface area contributed by atoms with Gasteiger partial charge >= 0.3 is 0 Å². The summed E-state index contributed by atoms with van der Waals surface area (Å²) in [7, 11) is 1.62. The Morgan fingerprint density at radius 2 is 2.28 bits per heavy atom. The van der Waals surface area contributed by atoms with Crippen molar-refractivity contribution in [1.29, 1.82) is 0 Å². The van der Waals surface area contributed by atoms with E-state index in [1.165, 1.54) is 0 Å². The third-order valence-electron chi connectivity index (χ3n) is 2.59. The Labute approximate surface area is 112 Å². The first-order chi connectivity index (χ1) is 8.60. The molecule has 0 bridgehead atoms. The number of rotatable bonds is 7. The fourth-order valence-electron chi connectivity index (χ4n) is 1.65. The van der Waals surface area contributed by atoms with Crippen LogP contribution in [0.4, 0.5) is 5.82 Å². The van der Waals surface area contributed by atoms with Crippen LogP contribution < -0.4 is 10.9 Å². The van der Waals surface area contributed by atoms with Gasteiger partial charge in [0, 0.05) is 31.4 Å². The van der Waals surface area contributed by atoms with Crippen molar-refractivity contribution in [3.63, 3.8) is 0 Å². The van der Waals surface area contributed by atoms with E-state index >= 15 is 0 Å². The van der Waals surface area contributed by atoms with Crippen LogP contribution in [-0.2, 0) is 4.74 Å². The van der Waals surface area contributed by atoms with Crippen LogP contribution >= 0.6 is 11.6 Å². The minimum absolute atomic E-state index is 0.00397. The summed E-state index contributed by atoms with van der Waals surface area (Å²) in [6.45, 7) is 4.40. The molecule has 1 unspecified atom stereocenters. The van der Waals surface area contributed by atoms with E-state index in [1.807, 2.05) is 13.8 Å². The number of alkyl halides is 1. The van der Waals surface area contributed by atoms with Gasteiger partial charge in [-0.15, -0.1) is 11.6 Å². The van der Waals surface area contributed by atoms with Crippen LogP contribution in [0.1, 0.15) is 26.3 Å². The summed E-state index contributed by atoms with van der Waals surface area (Å²) in [4.78, 5) is 16.2. The molecular formula is C12H20ClN3O2. The lowest BCUT2D eigenvalue weighted by Crippen LogP contribution is -2.32. The number of ether oxygens (including phenoxy) is 1. The second-order valence-electron chi connectivity index (χ2n) is 4.36. The summed E-state index contributed by atoms with van der Waals surface area (Å²) < 4.78 is 6.73. The van der Waals surface area contributed by atoms with Gasteiger partial charge in [0.05, 0.1) is 12.6 Å². The number of hydrogen-bond donors (Lipinski definition) is 1. The maximum atomic E-state index is 12.1. The molecule has 18 heavy (non-hydrogen) atoms. The Morgan fingerprint density at radius 3 is 2.83 bits per heavy atom. The highest BCUT2D eigenvalue weighted by Crippen LogP contribution is 2.05. The van der Waals surface area contributed by atoms with E-state index in [2.05, 4.69) is 10.3 Å². The third-order valence-corrected chi connectivity index (χ3v) is 2.81. The van der Waals surface area contributed by atoms with Gasteiger partial charge in [0.25, 0.3) is 5.56 Å². The van der Waals surface area contributed by atoms with E-state index < -0.39 is 0 Å². The number of aromatic nitrogens is 2. The monoisotopic (exact) mass is 273 g/mol. The first kappa shape index (κ1) is 15.0. The lowest BCUT2D eigenvalue weighted by atomic mass is 10.2. The molecule has 1 heterocycles. The van der Waals surface area contributed by atoms with Gasteiger partial charge in [0.1, 0.15) is 0 Å². The number of halogens is 1. The van der Waals surface area contributed by atoms with Crippen LogP contribution in [0.3, 0.4) is 0 Å². The normalized spacial score (nSPS) is 12.7. The topological polar surface area (TPSA) is 56.1 Å². The average Bonchev–Trinajstić information content (AvgIpc) is 2.32. The van der Waals surface area contributed by atoms with Crippen LogP contribution in [0.5, 0.6) is 0 Å². The fourth-order valence-corrected chi connectivity index (χ4v) is 1.92. The SMILES string of the molecule is COCC(CCCl)Nc1nccn(C(C)C)c1=O. The third kappa shape index (κ3) is 3.99. The molecule has 102 valence electrons. The molecule has 1 atom stereocenters. The first-order valence-electron chi connectivity index (χ1n) is 5.98. The van der Waals surface area contributed by atoms with Crippen LogP contribution in [0.15, 0.2) is 17.2 Å². The highest BCUT2D eigenvalue weighted by Gasteiger charge is 2.12. The van der Waals surface area contributed by atoms with Gasteiger partial charge in [-0.3, -0.25) is 4.79 Å². The summed E-state index contributed by atoms with van der Waals surface area (Å²) in [5.74, 6) is 0.852. The number of nitrogens with zero attached hydrogens (tertiary/aromatic N) is 2. The zero-order valence-electron chi connectivity index (χ0n) is 11.0. The van der Waals surface area contributed by atoms with Crippen molar-refractivity contribution in [2.45, 2.75) is 32.4 Å². The van der Waals surface area contributed by atoms with Crippen LogP contribution in [-0.4, -0.2) is 35.2 Å². The van der Waals surface area contributed by atoms with Crippen LogP contribution in [0.25, 0.3) is 0 Å². The molecule has 0 saturated carbocycles.